The average Bonchev–Trinajstić information content (AvgIpc) is 2.27. The van der Waals surface area contributed by atoms with Gasteiger partial charge in [-0.3, -0.25) is 4.79 Å². The minimum atomic E-state index is -0.201. The Morgan fingerprint density at radius 3 is 2.87 bits per heavy atom. The Kier molecular flexibility index (Phi) is 4.07. The molecule has 0 radical (unpaired) electrons. The highest BCUT2D eigenvalue weighted by Gasteiger charge is 2.10. The average molecular weight is 224 g/mol. The molecule has 1 amide bonds. The summed E-state index contributed by atoms with van der Waals surface area (Å²) in [7, 11) is 0. The third kappa shape index (κ3) is 3.22. The van der Waals surface area contributed by atoms with Crippen LogP contribution in [0.4, 0.5) is 0 Å². The van der Waals surface area contributed by atoms with Gasteiger partial charge in [0.2, 0.25) is 5.91 Å². The predicted octanol–water partition coefficient (Wildman–Crippen LogP) is 1.95. The van der Waals surface area contributed by atoms with Crippen LogP contribution >= 0.6 is 11.6 Å². The van der Waals surface area contributed by atoms with Crippen molar-refractivity contribution in [2.45, 2.75) is 19.9 Å². The third-order valence-corrected chi connectivity index (χ3v) is 2.08. The molecular weight excluding hydrogens is 214 g/mol. The maximum atomic E-state index is 11.3. The van der Waals surface area contributed by atoms with Crippen molar-refractivity contribution < 1.29 is 4.79 Å². The van der Waals surface area contributed by atoms with Gasteiger partial charge in [-0.15, -0.1) is 0 Å². The molecule has 0 spiro atoms. The van der Waals surface area contributed by atoms with Crippen LogP contribution in [0.15, 0.2) is 18.3 Å². The molecule has 1 rings (SSSR count). The number of hydrogen-bond donors (Lipinski definition) is 0. The Morgan fingerprint density at radius 2 is 2.40 bits per heavy atom. The van der Waals surface area contributed by atoms with Gasteiger partial charge in [0, 0.05) is 12.6 Å². The molecule has 5 heteroatoms. The fourth-order valence-electron chi connectivity index (χ4n) is 1.05. The summed E-state index contributed by atoms with van der Waals surface area (Å²) in [4.78, 5) is 16.2. The van der Waals surface area contributed by atoms with E-state index in [4.69, 9.17) is 16.9 Å². The van der Waals surface area contributed by atoms with Crippen molar-refractivity contribution in [3.63, 3.8) is 0 Å². The molecule has 0 N–H and O–H groups in total. The first kappa shape index (κ1) is 11.5. The fourth-order valence-corrected chi connectivity index (χ4v) is 1.16. The van der Waals surface area contributed by atoms with Crippen LogP contribution in [0.1, 0.15) is 18.9 Å². The predicted molar refractivity (Wildman–Crippen MR) is 55.7 cm³/mol. The molecule has 0 unspecified atom stereocenters. The van der Waals surface area contributed by atoms with Crippen molar-refractivity contribution in [2.75, 3.05) is 0 Å². The molecule has 4 nitrogen and oxygen atoms in total. The number of pyridine rings is 1. The highest BCUT2D eigenvalue weighted by Crippen LogP contribution is 2.08. The summed E-state index contributed by atoms with van der Waals surface area (Å²) in [6.45, 7) is 1.96. The van der Waals surface area contributed by atoms with Gasteiger partial charge in [-0.25, -0.2) is 9.88 Å². The standard InChI is InChI=1S/C10H10ClN3O/c1-2-10(15)14(7-12)6-8-3-4-9(11)13-5-8/h3-5H,2,6H2,1H3. The summed E-state index contributed by atoms with van der Waals surface area (Å²) >= 11 is 5.62. The van der Waals surface area contributed by atoms with E-state index in [1.807, 2.05) is 6.19 Å². The van der Waals surface area contributed by atoms with Crippen LogP contribution in [0.25, 0.3) is 0 Å². The monoisotopic (exact) mass is 223 g/mol. The van der Waals surface area contributed by atoms with Crippen molar-refractivity contribution in [3.05, 3.63) is 29.0 Å². The zero-order valence-electron chi connectivity index (χ0n) is 8.27. The van der Waals surface area contributed by atoms with Crippen molar-refractivity contribution in [1.82, 2.24) is 9.88 Å². The van der Waals surface area contributed by atoms with Gasteiger partial charge in [0.1, 0.15) is 5.15 Å². The minimum Gasteiger partial charge on any atom is -0.274 e. The minimum absolute atomic E-state index is 0.201. The van der Waals surface area contributed by atoms with E-state index < -0.39 is 0 Å². The van der Waals surface area contributed by atoms with Crippen LogP contribution in [0, 0.1) is 11.5 Å². The van der Waals surface area contributed by atoms with Crippen LogP contribution < -0.4 is 0 Å². The van der Waals surface area contributed by atoms with Crippen LogP contribution in [0.3, 0.4) is 0 Å². The molecule has 0 aliphatic heterocycles. The fraction of sp³-hybridized carbons (Fsp3) is 0.300. The SMILES string of the molecule is CCC(=O)N(C#N)Cc1ccc(Cl)nc1. The molecule has 0 aliphatic rings. The van der Waals surface area contributed by atoms with Crippen LogP contribution in [-0.4, -0.2) is 15.8 Å². The molecule has 1 heterocycles. The van der Waals surface area contributed by atoms with E-state index in [1.54, 1.807) is 25.3 Å². The summed E-state index contributed by atoms with van der Waals surface area (Å²) in [6.07, 6.45) is 3.70. The molecule has 1 aromatic rings. The van der Waals surface area contributed by atoms with Crippen LogP contribution in [-0.2, 0) is 11.3 Å². The van der Waals surface area contributed by atoms with Gasteiger partial charge in [0.15, 0.2) is 6.19 Å². The lowest BCUT2D eigenvalue weighted by Gasteiger charge is -2.11. The highest BCUT2D eigenvalue weighted by molar-refractivity contribution is 6.29. The first-order chi connectivity index (χ1) is 7.17. The van der Waals surface area contributed by atoms with Crippen molar-refractivity contribution in [3.8, 4) is 6.19 Å². The van der Waals surface area contributed by atoms with E-state index in [2.05, 4.69) is 4.98 Å². The largest absolute Gasteiger partial charge is 0.274 e. The van der Waals surface area contributed by atoms with Crippen molar-refractivity contribution in [2.24, 2.45) is 0 Å². The van der Waals surface area contributed by atoms with Gasteiger partial charge in [0.25, 0.3) is 0 Å². The Morgan fingerprint density at radius 1 is 1.67 bits per heavy atom. The molecule has 0 aliphatic carbocycles. The molecule has 0 bridgehead atoms. The molecule has 0 aromatic carbocycles. The number of rotatable bonds is 3. The van der Waals surface area contributed by atoms with Gasteiger partial charge in [-0.2, -0.15) is 5.26 Å². The van der Waals surface area contributed by atoms with E-state index in [9.17, 15) is 4.79 Å². The van der Waals surface area contributed by atoms with Crippen LogP contribution in [0.5, 0.6) is 0 Å². The number of amides is 1. The van der Waals surface area contributed by atoms with E-state index in [0.29, 0.717) is 11.6 Å². The lowest BCUT2D eigenvalue weighted by Crippen LogP contribution is -2.24. The smallest absolute Gasteiger partial charge is 0.235 e. The number of carbonyl (C=O) groups is 1. The summed E-state index contributed by atoms with van der Waals surface area (Å²) in [5, 5.41) is 9.14. The first-order valence-corrected chi connectivity index (χ1v) is 4.85. The van der Waals surface area contributed by atoms with Gasteiger partial charge in [0.05, 0.1) is 6.54 Å². The molecule has 15 heavy (non-hydrogen) atoms. The second kappa shape index (κ2) is 5.32. The maximum absolute atomic E-state index is 11.3. The molecule has 0 fully saturated rings. The van der Waals surface area contributed by atoms with Gasteiger partial charge < -0.3 is 0 Å². The number of aromatic nitrogens is 1. The van der Waals surface area contributed by atoms with Crippen molar-refractivity contribution in [1.29, 1.82) is 5.26 Å². The normalized spacial score (nSPS) is 9.40. The van der Waals surface area contributed by atoms with Crippen molar-refractivity contribution >= 4 is 17.5 Å². The Hall–Kier alpha value is -1.60. The summed E-state index contributed by atoms with van der Waals surface area (Å²) in [5.74, 6) is -0.201. The maximum Gasteiger partial charge on any atom is 0.235 e. The molecule has 78 valence electrons. The molecule has 0 saturated heterocycles. The van der Waals surface area contributed by atoms with E-state index >= 15 is 0 Å². The third-order valence-electron chi connectivity index (χ3n) is 1.85. The lowest BCUT2D eigenvalue weighted by molar-refractivity contribution is -0.128. The number of nitrogens with zero attached hydrogens (tertiary/aromatic N) is 3. The van der Waals surface area contributed by atoms with E-state index in [-0.39, 0.29) is 12.5 Å². The van der Waals surface area contributed by atoms with Gasteiger partial charge in [-0.05, 0) is 11.6 Å². The molecular formula is C10H10ClN3O. The van der Waals surface area contributed by atoms with Crippen LogP contribution in [0.2, 0.25) is 5.15 Å². The summed E-state index contributed by atoms with van der Waals surface area (Å²) < 4.78 is 0. The highest BCUT2D eigenvalue weighted by atomic mass is 35.5. The van der Waals surface area contributed by atoms with E-state index in [1.165, 1.54) is 0 Å². The first-order valence-electron chi connectivity index (χ1n) is 4.48. The second-order valence-corrected chi connectivity index (χ2v) is 3.31. The van der Waals surface area contributed by atoms with Gasteiger partial charge in [-0.1, -0.05) is 24.6 Å². The lowest BCUT2D eigenvalue weighted by atomic mass is 10.2. The number of hydrogen-bond acceptors (Lipinski definition) is 3. The summed E-state index contributed by atoms with van der Waals surface area (Å²) in [6, 6.07) is 3.37. The molecule has 0 saturated carbocycles. The number of carbonyl (C=O) groups excluding carboxylic acids is 1. The zero-order chi connectivity index (χ0) is 11.3. The Labute approximate surface area is 93.1 Å². The quantitative estimate of drug-likeness (QED) is 0.447. The number of nitriles is 1. The Bertz CT molecular complexity index is 383. The van der Waals surface area contributed by atoms with E-state index in [0.717, 1.165) is 10.5 Å². The topological polar surface area (TPSA) is 57.0 Å². The zero-order valence-corrected chi connectivity index (χ0v) is 9.03. The van der Waals surface area contributed by atoms with Gasteiger partial charge >= 0.3 is 0 Å². The molecule has 0 atom stereocenters. The number of halogens is 1. The second-order valence-electron chi connectivity index (χ2n) is 2.92. The summed E-state index contributed by atoms with van der Waals surface area (Å²) in [5.41, 5.74) is 0.780. The molecule has 1 aromatic heterocycles. The Balaban J connectivity index is 2.72.